The first-order valence-electron chi connectivity index (χ1n) is 12.8. The molecule has 0 radical (unpaired) electrons. The Morgan fingerprint density at radius 3 is 2.56 bits per heavy atom. The maximum atomic E-state index is 13.6. The zero-order valence-corrected chi connectivity index (χ0v) is 23.0. The number of rotatable bonds is 10. The maximum Gasteiger partial charge on any atom is 0.416 e. The number of aromatic nitrogens is 4. The van der Waals surface area contributed by atoms with Crippen LogP contribution in [-0.2, 0) is 12.7 Å². The van der Waals surface area contributed by atoms with E-state index in [1.165, 1.54) is 12.4 Å². The van der Waals surface area contributed by atoms with Crippen LogP contribution in [0.5, 0.6) is 0 Å². The van der Waals surface area contributed by atoms with Crippen LogP contribution in [0.25, 0.3) is 5.82 Å². The van der Waals surface area contributed by atoms with Gasteiger partial charge in [-0.15, -0.1) is 0 Å². The molecule has 0 aliphatic rings. The molecule has 0 saturated carbocycles. The summed E-state index contributed by atoms with van der Waals surface area (Å²) >= 11 is 0. The molecule has 1 amide bonds. The van der Waals surface area contributed by atoms with E-state index in [0.29, 0.717) is 28.8 Å². The first-order valence-corrected chi connectivity index (χ1v) is 12.8. The molecule has 1 atom stereocenters. The molecule has 5 N–H and O–H groups in total. The summed E-state index contributed by atoms with van der Waals surface area (Å²) in [7, 11) is 1.75. The van der Waals surface area contributed by atoms with Gasteiger partial charge >= 0.3 is 6.18 Å². The van der Waals surface area contributed by atoms with Gasteiger partial charge in [-0.25, -0.2) is 9.97 Å². The third kappa shape index (κ3) is 7.38. The highest BCUT2D eigenvalue weighted by Crippen LogP contribution is 2.31. The van der Waals surface area contributed by atoms with Crippen molar-refractivity contribution in [1.82, 2.24) is 25.1 Å². The number of halogens is 3. The summed E-state index contributed by atoms with van der Waals surface area (Å²) in [5.74, 6) is 1.07. The van der Waals surface area contributed by atoms with Crippen molar-refractivity contribution in [2.75, 3.05) is 29.6 Å². The number of aryl methyl sites for hydroxylation is 2. The summed E-state index contributed by atoms with van der Waals surface area (Å²) in [6, 6.07) is 11.6. The van der Waals surface area contributed by atoms with Crippen LogP contribution in [0.2, 0.25) is 0 Å². The van der Waals surface area contributed by atoms with Gasteiger partial charge in [0.15, 0.2) is 5.82 Å². The lowest BCUT2D eigenvalue weighted by molar-refractivity contribution is -0.137. The Kier molecular flexibility index (Phi) is 8.89. The molecule has 4 rings (SSSR count). The van der Waals surface area contributed by atoms with E-state index in [2.05, 4.69) is 36.3 Å². The Balaban J connectivity index is 1.59. The minimum Gasteiger partial charge on any atom is -0.395 e. The molecule has 41 heavy (non-hydrogen) atoms. The lowest BCUT2D eigenvalue weighted by Gasteiger charge is -2.16. The smallest absolute Gasteiger partial charge is 0.395 e. The monoisotopic (exact) mass is 568 g/mol. The van der Waals surface area contributed by atoms with Gasteiger partial charge in [0.2, 0.25) is 0 Å². The topological polar surface area (TPSA) is 129 Å². The second-order valence-corrected chi connectivity index (χ2v) is 9.58. The van der Waals surface area contributed by atoms with Crippen molar-refractivity contribution in [1.29, 1.82) is 0 Å². The quantitative estimate of drug-likeness (QED) is 0.184. The zero-order chi connectivity index (χ0) is 29.7. The van der Waals surface area contributed by atoms with E-state index >= 15 is 0 Å². The molecular formula is C28H31F3N8O2. The van der Waals surface area contributed by atoms with Crippen molar-refractivity contribution in [2.45, 2.75) is 39.5 Å². The number of nitrogens with one attached hydrogen (secondary N) is 4. The third-order valence-electron chi connectivity index (χ3n) is 6.23. The number of carbonyl (C=O) groups excluding carboxylic acids is 1. The highest BCUT2D eigenvalue weighted by molar-refractivity contribution is 6.04. The summed E-state index contributed by atoms with van der Waals surface area (Å²) in [5.41, 5.74) is 1.84. The van der Waals surface area contributed by atoms with Gasteiger partial charge in [-0.3, -0.25) is 4.79 Å². The Morgan fingerprint density at radius 2 is 1.85 bits per heavy atom. The Hall–Kier alpha value is -4.49. The minimum atomic E-state index is -4.63. The van der Waals surface area contributed by atoms with Crippen LogP contribution in [-0.4, -0.2) is 50.5 Å². The van der Waals surface area contributed by atoms with Crippen LogP contribution in [0, 0.1) is 13.8 Å². The predicted molar refractivity (Wildman–Crippen MR) is 151 cm³/mol. The van der Waals surface area contributed by atoms with Gasteiger partial charge in [-0.1, -0.05) is 6.07 Å². The van der Waals surface area contributed by atoms with Crippen molar-refractivity contribution in [3.05, 3.63) is 82.8 Å². The number of hydrogen-bond acceptors (Lipinski definition) is 8. The number of nitrogens with zero attached hydrogens (tertiary/aromatic N) is 4. The predicted octanol–water partition coefficient (Wildman–Crippen LogP) is 4.81. The molecule has 2 aromatic carbocycles. The second-order valence-electron chi connectivity index (χ2n) is 9.58. The van der Waals surface area contributed by atoms with Crippen LogP contribution >= 0.6 is 0 Å². The van der Waals surface area contributed by atoms with Gasteiger partial charge in [0.25, 0.3) is 5.91 Å². The summed E-state index contributed by atoms with van der Waals surface area (Å²) in [6.07, 6.45) is -3.21. The molecule has 0 fully saturated rings. The molecule has 4 aromatic rings. The Morgan fingerprint density at radius 1 is 1.07 bits per heavy atom. The molecule has 0 spiro atoms. The van der Waals surface area contributed by atoms with E-state index in [0.717, 1.165) is 23.4 Å². The van der Waals surface area contributed by atoms with E-state index in [9.17, 15) is 23.1 Å². The highest BCUT2D eigenvalue weighted by Gasteiger charge is 2.32. The van der Waals surface area contributed by atoms with Crippen LogP contribution < -0.4 is 21.3 Å². The molecule has 0 unspecified atom stereocenters. The van der Waals surface area contributed by atoms with Gasteiger partial charge in [-0.05, 0) is 62.2 Å². The van der Waals surface area contributed by atoms with E-state index < -0.39 is 17.6 Å². The molecule has 0 bridgehead atoms. The molecule has 2 aromatic heterocycles. The van der Waals surface area contributed by atoms with E-state index in [-0.39, 0.29) is 30.3 Å². The normalized spacial score (nSPS) is 12.2. The molecule has 216 valence electrons. The number of aliphatic hydroxyl groups is 1. The SMILES string of the molecule is CNc1cc(-n2nc(C)cc2Nc2cc(NC(=O)c3cc(CN[C@@H](C)CO)cc(C(F)(F)F)c3)ccc2C)ncn1. The van der Waals surface area contributed by atoms with Gasteiger partial charge in [-0.2, -0.15) is 23.0 Å². The number of amides is 1. The minimum absolute atomic E-state index is 0.0553. The van der Waals surface area contributed by atoms with Gasteiger partial charge < -0.3 is 26.4 Å². The maximum absolute atomic E-state index is 13.6. The average molecular weight is 569 g/mol. The fourth-order valence-corrected chi connectivity index (χ4v) is 3.98. The van der Waals surface area contributed by atoms with Crippen molar-refractivity contribution in [3.8, 4) is 5.82 Å². The first-order chi connectivity index (χ1) is 19.5. The van der Waals surface area contributed by atoms with Crippen LogP contribution in [0.1, 0.15) is 39.7 Å². The summed E-state index contributed by atoms with van der Waals surface area (Å²) < 4.78 is 42.4. The molecule has 0 aliphatic heterocycles. The molecule has 13 heteroatoms. The molecule has 0 saturated heterocycles. The number of hydrogen-bond donors (Lipinski definition) is 5. The van der Waals surface area contributed by atoms with Crippen LogP contribution in [0.4, 0.5) is 36.2 Å². The fraction of sp³-hybridized carbons (Fsp3) is 0.286. The zero-order valence-electron chi connectivity index (χ0n) is 23.0. The molecule has 0 aliphatic carbocycles. The van der Waals surface area contributed by atoms with Gasteiger partial charge in [0.1, 0.15) is 18.0 Å². The fourth-order valence-electron chi connectivity index (χ4n) is 3.98. The Labute approximate surface area is 235 Å². The largest absolute Gasteiger partial charge is 0.416 e. The molecule has 10 nitrogen and oxygen atoms in total. The standard InChI is InChI=1S/C28H31F3N8O2/c1-16-5-6-22(11-23(16)37-26-7-17(2)38-39(26)25-12-24(32-4)34-15-35-25)36-27(41)20-8-19(13-33-18(3)14-40)9-21(10-20)28(29,30)31/h5-12,15,18,33,37,40H,13-14H2,1-4H3,(H,36,41)(H,32,34,35)/t18-/m0/s1. The highest BCUT2D eigenvalue weighted by atomic mass is 19.4. The number of carbonyl (C=O) groups is 1. The van der Waals surface area contributed by atoms with Crippen molar-refractivity contribution < 1.29 is 23.1 Å². The number of aliphatic hydroxyl groups excluding tert-OH is 1. The third-order valence-corrected chi connectivity index (χ3v) is 6.23. The van der Waals surface area contributed by atoms with E-state index in [1.54, 1.807) is 42.9 Å². The van der Waals surface area contributed by atoms with Crippen LogP contribution in [0.15, 0.2) is 54.9 Å². The van der Waals surface area contributed by atoms with Gasteiger partial charge in [0.05, 0.1) is 17.9 Å². The Bertz CT molecular complexity index is 1540. The average Bonchev–Trinajstić information content (AvgIpc) is 3.32. The second kappa shape index (κ2) is 12.4. The number of alkyl halides is 3. The lowest BCUT2D eigenvalue weighted by atomic mass is 10.0. The summed E-state index contributed by atoms with van der Waals surface area (Å²) in [5, 5.41) is 25.6. The van der Waals surface area contributed by atoms with E-state index in [1.807, 2.05) is 19.9 Å². The number of benzene rings is 2. The van der Waals surface area contributed by atoms with Crippen LogP contribution in [0.3, 0.4) is 0 Å². The summed E-state index contributed by atoms with van der Waals surface area (Å²) in [4.78, 5) is 21.5. The van der Waals surface area contributed by atoms with E-state index in [4.69, 9.17) is 0 Å². The number of anilines is 4. The lowest BCUT2D eigenvalue weighted by Crippen LogP contribution is -2.29. The summed E-state index contributed by atoms with van der Waals surface area (Å²) in [6.45, 7) is 5.30. The van der Waals surface area contributed by atoms with Crippen molar-refractivity contribution >= 4 is 28.9 Å². The van der Waals surface area contributed by atoms with Crippen molar-refractivity contribution in [2.24, 2.45) is 0 Å². The van der Waals surface area contributed by atoms with Gasteiger partial charge in [0, 0.05) is 48.7 Å². The van der Waals surface area contributed by atoms with Crippen molar-refractivity contribution in [3.63, 3.8) is 0 Å². The first kappa shape index (κ1) is 29.5. The molecule has 2 heterocycles. The molecular weight excluding hydrogens is 537 g/mol.